The quantitative estimate of drug-likeness (QED) is 0.920. The minimum Gasteiger partial charge on any atom is -0.379 e. The number of carbonyl (C=O) groups excluding carboxylic acids is 2. The Morgan fingerprint density at radius 2 is 1.95 bits per heavy atom. The molecule has 0 radical (unpaired) electrons. The predicted octanol–water partition coefficient (Wildman–Crippen LogP) is 1.54. The number of benzene rings is 1. The zero-order chi connectivity index (χ0) is 15.4. The van der Waals surface area contributed by atoms with Gasteiger partial charge < -0.3 is 10.1 Å². The number of urea groups is 1. The molecular weight excluding hydrogens is 282 g/mol. The molecule has 3 amide bonds. The van der Waals surface area contributed by atoms with E-state index in [1.165, 1.54) is 4.90 Å². The highest BCUT2D eigenvalue weighted by Gasteiger charge is 2.36. The fraction of sp³-hybridized carbons (Fsp3) is 0.500. The summed E-state index contributed by atoms with van der Waals surface area (Å²) in [5.74, 6) is -0.0910. The summed E-state index contributed by atoms with van der Waals surface area (Å²) in [5.41, 5.74) is 0.706. The Bertz CT molecular complexity index is 529. The molecule has 1 unspecified atom stereocenters. The number of ether oxygens (including phenoxy) is 1. The summed E-state index contributed by atoms with van der Waals surface area (Å²) in [5, 5.41) is 2.80. The molecular formula is C16H21N3O3. The van der Waals surface area contributed by atoms with Crippen LogP contribution < -0.4 is 5.32 Å². The molecule has 2 aliphatic heterocycles. The number of nitrogens with one attached hydrogen (secondary N) is 1. The van der Waals surface area contributed by atoms with Crippen molar-refractivity contribution >= 4 is 17.6 Å². The molecule has 0 aliphatic carbocycles. The Morgan fingerprint density at radius 1 is 1.23 bits per heavy atom. The molecule has 2 aliphatic rings. The first-order chi connectivity index (χ1) is 10.7. The standard InChI is InChI=1S/C16H21N3O3/c20-15-7-6-14(12-18-8-10-22-11-9-18)19(15)16(21)17-13-4-2-1-3-5-13/h1-5,14H,6-12H2,(H,17,21). The minimum absolute atomic E-state index is 0.0469. The number of anilines is 1. The van der Waals surface area contributed by atoms with Crippen molar-refractivity contribution in [2.45, 2.75) is 18.9 Å². The van der Waals surface area contributed by atoms with Crippen molar-refractivity contribution in [1.29, 1.82) is 0 Å². The van der Waals surface area contributed by atoms with Crippen LogP contribution in [0.2, 0.25) is 0 Å². The first kappa shape index (κ1) is 15.0. The first-order valence-electron chi connectivity index (χ1n) is 7.72. The van der Waals surface area contributed by atoms with Gasteiger partial charge in [0.15, 0.2) is 0 Å². The number of para-hydroxylation sites is 1. The predicted molar refractivity (Wildman–Crippen MR) is 82.6 cm³/mol. The summed E-state index contributed by atoms with van der Waals surface area (Å²) >= 11 is 0. The van der Waals surface area contributed by atoms with E-state index in [-0.39, 0.29) is 18.0 Å². The van der Waals surface area contributed by atoms with E-state index in [0.717, 1.165) is 39.3 Å². The molecule has 0 bridgehead atoms. The summed E-state index contributed by atoms with van der Waals surface area (Å²) in [6, 6.07) is 8.85. The van der Waals surface area contributed by atoms with E-state index in [4.69, 9.17) is 4.74 Å². The number of amides is 3. The molecule has 6 heteroatoms. The zero-order valence-electron chi connectivity index (χ0n) is 12.5. The lowest BCUT2D eigenvalue weighted by atomic mass is 10.2. The average molecular weight is 303 g/mol. The van der Waals surface area contributed by atoms with Gasteiger partial charge >= 0.3 is 6.03 Å². The molecule has 1 aromatic carbocycles. The normalized spacial score (nSPS) is 22.8. The highest BCUT2D eigenvalue weighted by atomic mass is 16.5. The maximum atomic E-state index is 12.4. The van der Waals surface area contributed by atoms with Gasteiger partial charge in [-0.25, -0.2) is 4.79 Å². The number of morpholine rings is 1. The fourth-order valence-corrected chi connectivity index (χ4v) is 2.98. The van der Waals surface area contributed by atoms with E-state index in [1.807, 2.05) is 30.3 Å². The molecule has 6 nitrogen and oxygen atoms in total. The summed E-state index contributed by atoms with van der Waals surface area (Å²) < 4.78 is 5.34. The second-order valence-electron chi connectivity index (χ2n) is 5.67. The van der Waals surface area contributed by atoms with Crippen molar-refractivity contribution in [2.75, 3.05) is 38.2 Å². The third-order valence-corrected chi connectivity index (χ3v) is 4.14. The molecule has 0 aromatic heterocycles. The van der Waals surface area contributed by atoms with Crippen molar-refractivity contribution in [3.63, 3.8) is 0 Å². The average Bonchev–Trinajstić information content (AvgIpc) is 2.90. The molecule has 3 rings (SSSR count). The van der Waals surface area contributed by atoms with Crippen LogP contribution >= 0.6 is 0 Å². The Morgan fingerprint density at radius 3 is 2.68 bits per heavy atom. The smallest absolute Gasteiger partial charge is 0.328 e. The molecule has 0 saturated carbocycles. The lowest BCUT2D eigenvalue weighted by molar-refractivity contribution is -0.126. The van der Waals surface area contributed by atoms with Crippen molar-refractivity contribution in [3.8, 4) is 0 Å². The first-order valence-corrected chi connectivity index (χ1v) is 7.72. The number of nitrogens with zero attached hydrogens (tertiary/aromatic N) is 2. The summed E-state index contributed by atoms with van der Waals surface area (Å²) in [6.45, 7) is 3.89. The van der Waals surface area contributed by atoms with E-state index in [2.05, 4.69) is 10.2 Å². The third kappa shape index (κ3) is 3.45. The Labute approximate surface area is 130 Å². The van der Waals surface area contributed by atoms with E-state index in [9.17, 15) is 9.59 Å². The Hall–Kier alpha value is -1.92. The number of likely N-dealkylation sites (tertiary alicyclic amines) is 1. The molecule has 0 spiro atoms. The molecule has 1 atom stereocenters. The number of rotatable bonds is 3. The summed E-state index contributed by atoms with van der Waals surface area (Å²) in [4.78, 5) is 28.2. The van der Waals surface area contributed by atoms with Gasteiger partial charge in [-0.1, -0.05) is 18.2 Å². The van der Waals surface area contributed by atoms with Gasteiger partial charge in [0, 0.05) is 31.7 Å². The van der Waals surface area contributed by atoms with Gasteiger partial charge in [0.25, 0.3) is 0 Å². The van der Waals surface area contributed by atoms with E-state index < -0.39 is 0 Å². The molecule has 22 heavy (non-hydrogen) atoms. The lowest BCUT2D eigenvalue weighted by Crippen LogP contribution is -2.49. The maximum absolute atomic E-state index is 12.4. The van der Waals surface area contributed by atoms with Crippen LogP contribution in [-0.4, -0.2) is 60.6 Å². The monoisotopic (exact) mass is 303 g/mol. The highest BCUT2D eigenvalue weighted by Crippen LogP contribution is 2.21. The van der Waals surface area contributed by atoms with Gasteiger partial charge in [-0.15, -0.1) is 0 Å². The van der Waals surface area contributed by atoms with Crippen LogP contribution in [0, 0.1) is 0 Å². The molecule has 2 fully saturated rings. The second-order valence-corrected chi connectivity index (χ2v) is 5.67. The fourth-order valence-electron chi connectivity index (χ4n) is 2.98. The highest BCUT2D eigenvalue weighted by molar-refractivity contribution is 6.02. The van der Waals surface area contributed by atoms with Crippen LogP contribution in [0.5, 0.6) is 0 Å². The van der Waals surface area contributed by atoms with E-state index in [0.29, 0.717) is 12.1 Å². The topological polar surface area (TPSA) is 61.9 Å². The van der Waals surface area contributed by atoms with Crippen molar-refractivity contribution < 1.29 is 14.3 Å². The molecule has 1 aromatic rings. The Kier molecular flexibility index (Phi) is 4.70. The Balaban J connectivity index is 1.63. The summed E-state index contributed by atoms with van der Waals surface area (Å²) in [6.07, 6.45) is 1.18. The van der Waals surface area contributed by atoms with Crippen LogP contribution in [0.4, 0.5) is 10.5 Å². The largest absolute Gasteiger partial charge is 0.379 e. The lowest BCUT2D eigenvalue weighted by Gasteiger charge is -2.32. The SMILES string of the molecule is O=C1CCC(CN2CCOCC2)N1C(=O)Nc1ccccc1. The van der Waals surface area contributed by atoms with Gasteiger partial charge in [0.2, 0.25) is 5.91 Å². The molecule has 2 saturated heterocycles. The molecule has 2 heterocycles. The van der Waals surface area contributed by atoms with Crippen molar-refractivity contribution in [2.24, 2.45) is 0 Å². The van der Waals surface area contributed by atoms with Crippen LogP contribution in [0.25, 0.3) is 0 Å². The number of carbonyl (C=O) groups is 2. The van der Waals surface area contributed by atoms with Crippen LogP contribution in [-0.2, 0) is 9.53 Å². The maximum Gasteiger partial charge on any atom is 0.328 e. The van der Waals surface area contributed by atoms with E-state index >= 15 is 0 Å². The summed E-state index contributed by atoms with van der Waals surface area (Å²) in [7, 11) is 0. The van der Waals surface area contributed by atoms with Gasteiger partial charge in [-0.3, -0.25) is 14.6 Å². The van der Waals surface area contributed by atoms with Gasteiger partial charge in [0.05, 0.1) is 19.3 Å². The third-order valence-electron chi connectivity index (χ3n) is 4.14. The van der Waals surface area contributed by atoms with Gasteiger partial charge in [0.1, 0.15) is 0 Å². The molecule has 118 valence electrons. The van der Waals surface area contributed by atoms with E-state index in [1.54, 1.807) is 0 Å². The second kappa shape index (κ2) is 6.89. The van der Waals surface area contributed by atoms with Crippen LogP contribution in [0.1, 0.15) is 12.8 Å². The van der Waals surface area contributed by atoms with Crippen LogP contribution in [0.3, 0.4) is 0 Å². The molecule has 1 N–H and O–H groups in total. The number of hydrogen-bond donors (Lipinski definition) is 1. The number of hydrogen-bond acceptors (Lipinski definition) is 4. The minimum atomic E-state index is -0.327. The van der Waals surface area contributed by atoms with Gasteiger partial charge in [-0.05, 0) is 18.6 Å². The van der Waals surface area contributed by atoms with Crippen molar-refractivity contribution in [1.82, 2.24) is 9.80 Å². The van der Waals surface area contributed by atoms with Crippen molar-refractivity contribution in [3.05, 3.63) is 30.3 Å². The van der Waals surface area contributed by atoms with Gasteiger partial charge in [-0.2, -0.15) is 0 Å². The zero-order valence-corrected chi connectivity index (χ0v) is 12.5. The number of imide groups is 1. The van der Waals surface area contributed by atoms with Crippen LogP contribution in [0.15, 0.2) is 30.3 Å².